The Morgan fingerprint density at radius 1 is 1.04 bits per heavy atom. The van der Waals surface area contributed by atoms with Crippen molar-refractivity contribution in [3.8, 4) is 0 Å². The molecular weight excluding hydrogens is 312 g/mol. The summed E-state index contributed by atoms with van der Waals surface area (Å²) in [6, 6.07) is 16.9. The van der Waals surface area contributed by atoms with E-state index in [9.17, 15) is 10.1 Å². The molecule has 0 aliphatic heterocycles. The van der Waals surface area contributed by atoms with Crippen molar-refractivity contribution in [3.05, 3.63) is 75.8 Å². The maximum atomic E-state index is 10.7. The number of non-ortho nitro benzene ring substituents is 1. The highest BCUT2D eigenvalue weighted by molar-refractivity contribution is 5.55. The summed E-state index contributed by atoms with van der Waals surface area (Å²) in [6.07, 6.45) is 8.25. The van der Waals surface area contributed by atoms with Gasteiger partial charge in [0.05, 0.1) is 4.92 Å². The zero-order valence-corrected chi connectivity index (χ0v) is 14.8. The molecule has 0 bridgehead atoms. The number of anilines is 1. The van der Waals surface area contributed by atoms with Gasteiger partial charge < -0.3 is 5.32 Å². The molecule has 0 amide bonds. The van der Waals surface area contributed by atoms with Gasteiger partial charge in [-0.1, -0.05) is 68.2 Å². The minimum atomic E-state index is -0.377. The molecule has 0 radical (unpaired) electrons. The fourth-order valence-corrected chi connectivity index (χ4v) is 2.69. The third kappa shape index (κ3) is 6.79. The molecule has 0 aromatic heterocycles. The molecule has 0 heterocycles. The Bertz CT molecular complexity index is 679. The number of hydrogen-bond acceptors (Lipinski definition) is 3. The highest BCUT2D eigenvalue weighted by Gasteiger charge is 2.04. The lowest BCUT2D eigenvalue weighted by molar-refractivity contribution is -0.384. The van der Waals surface area contributed by atoms with Gasteiger partial charge in [-0.05, 0) is 30.5 Å². The molecular formula is C21H26N2O2. The molecule has 2 rings (SSSR count). The van der Waals surface area contributed by atoms with Gasteiger partial charge in [-0.15, -0.1) is 0 Å². The maximum Gasteiger partial charge on any atom is 0.269 e. The molecule has 25 heavy (non-hydrogen) atoms. The smallest absolute Gasteiger partial charge is 0.269 e. The maximum absolute atomic E-state index is 10.7. The van der Waals surface area contributed by atoms with Crippen molar-refractivity contribution in [2.24, 2.45) is 0 Å². The predicted molar refractivity (Wildman–Crippen MR) is 105 cm³/mol. The normalized spacial score (nSPS) is 11.3. The molecule has 0 saturated heterocycles. The van der Waals surface area contributed by atoms with Crippen molar-refractivity contribution >= 4 is 17.5 Å². The molecule has 4 nitrogen and oxygen atoms in total. The zero-order valence-electron chi connectivity index (χ0n) is 14.8. The lowest BCUT2D eigenvalue weighted by Crippen LogP contribution is -2.05. The third-order valence-electron chi connectivity index (χ3n) is 4.12. The standard InChI is InChI=1S/C21H26N2O2/c1-2-3-4-6-11-19(16-18-9-7-5-8-10-18)17-22-20-12-14-21(15-13-20)23(24)25/h5,7-10,12-16,22H,2-4,6,11,17H2,1H3/b19-16+. The quantitative estimate of drug-likeness (QED) is 0.325. The summed E-state index contributed by atoms with van der Waals surface area (Å²) >= 11 is 0. The largest absolute Gasteiger partial charge is 0.381 e. The molecule has 1 N–H and O–H groups in total. The van der Waals surface area contributed by atoms with Crippen LogP contribution in [0.25, 0.3) is 6.08 Å². The summed E-state index contributed by atoms with van der Waals surface area (Å²) in [5.41, 5.74) is 3.57. The first-order valence-corrected chi connectivity index (χ1v) is 8.92. The summed E-state index contributed by atoms with van der Waals surface area (Å²) in [5, 5.41) is 14.1. The van der Waals surface area contributed by atoms with Crippen LogP contribution in [0.4, 0.5) is 11.4 Å². The summed E-state index contributed by atoms with van der Waals surface area (Å²) in [6.45, 7) is 2.97. The first-order chi connectivity index (χ1) is 12.2. The van der Waals surface area contributed by atoms with Crippen LogP contribution in [0.2, 0.25) is 0 Å². The van der Waals surface area contributed by atoms with Crippen LogP contribution in [0.1, 0.15) is 44.6 Å². The average molecular weight is 338 g/mol. The van der Waals surface area contributed by atoms with Gasteiger partial charge >= 0.3 is 0 Å². The van der Waals surface area contributed by atoms with E-state index >= 15 is 0 Å². The molecule has 2 aromatic carbocycles. The van der Waals surface area contributed by atoms with Crippen LogP contribution >= 0.6 is 0 Å². The Labute approximate surface area is 149 Å². The van der Waals surface area contributed by atoms with E-state index in [0.29, 0.717) is 0 Å². The van der Waals surface area contributed by atoms with Crippen LogP contribution in [0.3, 0.4) is 0 Å². The second-order valence-corrected chi connectivity index (χ2v) is 6.18. The van der Waals surface area contributed by atoms with Crippen LogP contribution in [0.15, 0.2) is 60.2 Å². The number of nitrogens with one attached hydrogen (secondary N) is 1. The van der Waals surface area contributed by atoms with Gasteiger partial charge in [-0.25, -0.2) is 0 Å². The molecule has 0 saturated carbocycles. The Hall–Kier alpha value is -2.62. The number of nitro groups is 1. The van der Waals surface area contributed by atoms with Crippen LogP contribution < -0.4 is 5.32 Å². The number of hydrogen-bond donors (Lipinski definition) is 1. The topological polar surface area (TPSA) is 55.2 Å². The summed E-state index contributed by atoms with van der Waals surface area (Å²) < 4.78 is 0. The van der Waals surface area contributed by atoms with Gasteiger partial charge in [0.2, 0.25) is 0 Å². The van der Waals surface area contributed by atoms with Crippen LogP contribution in [0, 0.1) is 10.1 Å². The number of nitrogens with zero attached hydrogens (tertiary/aromatic N) is 1. The van der Waals surface area contributed by atoms with Crippen molar-refractivity contribution in [2.45, 2.75) is 39.0 Å². The highest BCUT2D eigenvalue weighted by Crippen LogP contribution is 2.18. The van der Waals surface area contributed by atoms with Gasteiger partial charge in [0.15, 0.2) is 0 Å². The Kier molecular flexibility index (Phi) is 7.70. The first-order valence-electron chi connectivity index (χ1n) is 8.92. The minimum Gasteiger partial charge on any atom is -0.381 e. The minimum absolute atomic E-state index is 0.116. The molecule has 0 atom stereocenters. The predicted octanol–water partition coefficient (Wildman–Crippen LogP) is 6.06. The first kappa shape index (κ1) is 18.7. The number of rotatable bonds is 10. The van der Waals surface area contributed by atoms with Gasteiger partial charge in [-0.2, -0.15) is 0 Å². The van der Waals surface area contributed by atoms with Crippen LogP contribution in [0.5, 0.6) is 0 Å². The fraction of sp³-hybridized carbons (Fsp3) is 0.333. The third-order valence-corrected chi connectivity index (χ3v) is 4.12. The molecule has 0 aliphatic carbocycles. The van der Waals surface area contributed by atoms with Gasteiger partial charge in [0.1, 0.15) is 0 Å². The average Bonchev–Trinajstić information content (AvgIpc) is 2.64. The Balaban J connectivity index is 1.99. The van der Waals surface area contributed by atoms with E-state index in [0.717, 1.165) is 18.7 Å². The van der Waals surface area contributed by atoms with E-state index in [4.69, 9.17) is 0 Å². The second-order valence-electron chi connectivity index (χ2n) is 6.18. The van der Waals surface area contributed by atoms with E-state index in [1.54, 1.807) is 12.1 Å². The molecule has 0 spiro atoms. The second kappa shape index (κ2) is 10.3. The molecule has 2 aromatic rings. The number of benzene rings is 2. The van der Waals surface area contributed by atoms with Crippen LogP contribution in [-0.4, -0.2) is 11.5 Å². The van der Waals surface area contributed by atoms with Crippen molar-refractivity contribution < 1.29 is 4.92 Å². The molecule has 132 valence electrons. The zero-order chi connectivity index (χ0) is 17.9. The van der Waals surface area contributed by atoms with Gasteiger partial charge in [-0.3, -0.25) is 10.1 Å². The van der Waals surface area contributed by atoms with E-state index < -0.39 is 0 Å². The van der Waals surface area contributed by atoms with E-state index in [2.05, 4.69) is 30.4 Å². The number of nitro benzene ring substituents is 1. The van der Waals surface area contributed by atoms with E-state index in [1.165, 1.54) is 49.0 Å². The lowest BCUT2D eigenvalue weighted by atomic mass is 10.0. The highest BCUT2D eigenvalue weighted by atomic mass is 16.6. The molecule has 4 heteroatoms. The van der Waals surface area contributed by atoms with Crippen molar-refractivity contribution in [1.82, 2.24) is 0 Å². The monoisotopic (exact) mass is 338 g/mol. The van der Waals surface area contributed by atoms with E-state index in [1.807, 2.05) is 18.2 Å². The summed E-state index contributed by atoms with van der Waals surface area (Å²) in [5.74, 6) is 0. The van der Waals surface area contributed by atoms with Gasteiger partial charge in [0.25, 0.3) is 5.69 Å². The fourth-order valence-electron chi connectivity index (χ4n) is 2.69. The van der Waals surface area contributed by atoms with Crippen LogP contribution in [-0.2, 0) is 0 Å². The summed E-state index contributed by atoms with van der Waals surface area (Å²) in [4.78, 5) is 10.4. The van der Waals surface area contributed by atoms with Crippen molar-refractivity contribution in [2.75, 3.05) is 11.9 Å². The number of unbranched alkanes of at least 4 members (excludes halogenated alkanes) is 3. The summed E-state index contributed by atoms with van der Waals surface area (Å²) in [7, 11) is 0. The van der Waals surface area contributed by atoms with E-state index in [-0.39, 0.29) is 10.6 Å². The molecule has 0 unspecified atom stereocenters. The SMILES string of the molecule is CCCCCC/C(=C\c1ccccc1)CNc1ccc([N+](=O)[O-])cc1. The Morgan fingerprint density at radius 3 is 2.40 bits per heavy atom. The lowest BCUT2D eigenvalue weighted by Gasteiger charge is -2.11. The molecule has 0 fully saturated rings. The van der Waals surface area contributed by atoms with Gasteiger partial charge in [0, 0.05) is 24.4 Å². The Morgan fingerprint density at radius 2 is 1.76 bits per heavy atom. The molecule has 0 aliphatic rings. The van der Waals surface area contributed by atoms with Crippen molar-refractivity contribution in [3.63, 3.8) is 0 Å². The van der Waals surface area contributed by atoms with Crippen molar-refractivity contribution in [1.29, 1.82) is 0 Å².